The number of methoxy groups -OCH3 is 1. The van der Waals surface area contributed by atoms with Gasteiger partial charge in [-0.3, -0.25) is 4.79 Å². The molecule has 2 heterocycles. The Labute approximate surface area is 178 Å². The molecule has 0 bridgehead atoms. The topological polar surface area (TPSA) is 55.8 Å². The van der Waals surface area contributed by atoms with Crippen molar-refractivity contribution in [1.29, 1.82) is 0 Å². The van der Waals surface area contributed by atoms with Crippen LogP contribution in [0.1, 0.15) is 35.2 Å². The number of benzene rings is 2. The summed E-state index contributed by atoms with van der Waals surface area (Å²) in [6, 6.07) is 10.6. The van der Waals surface area contributed by atoms with Crippen molar-refractivity contribution in [2.24, 2.45) is 0 Å². The molecule has 1 amide bonds. The zero-order chi connectivity index (χ0) is 20.4. The van der Waals surface area contributed by atoms with Gasteiger partial charge < -0.3 is 14.4 Å². The van der Waals surface area contributed by atoms with E-state index in [0.29, 0.717) is 45.0 Å². The van der Waals surface area contributed by atoms with Crippen molar-refractivity contribution in [1.82, 2.24) is 4.90 Å². The number of nitrogens with zero attached hydrogens (tertiary/aromatic N) is 1. The second-order valence-electron chi connectivity index (χ2n) is 6.88. The Morgan fingerprint density at radius 2 is 1.76 bits per heavy atom. The summed E-state index contributed by atoms with van der Waals surface area (Å²) in [5.74, 6) is 0.705. The maximum absolute atomic E-state index is 13.0. The van der Waals surface area contributed by atoms with Gasteiger partial charge in [-0.1, -0.05) is 35.5 Å². The molecule has 0 atom stereocenters. The van der Waals surface area contributed by atoms with Crippen LogP contribution in [0, 0.1) is 0 Å². The maximum atomic E-state index is 13.0. The van der Waals surface area contributed by atoms with E-state index in [4.69, 9.17) is 21.1 Å². The first-order chi connectivity index (χ1) is 14.1. The van der Waals surface area contributed by atoms with E-state index in [0.717, 1.165) is 24.8 Å². The number of ether oxygens (including phenoxy) is 2. The molecule has 29 heavy (non-hydrogen) atoms. The first-order valence-corrected chi connectivity index (χ1v) is 10.6. The average molecular weight is 430 g/mol. The number of halogens is 1. The van der Waals surface area contributed by atoms with E-state index in [1.807, 2.05) is 12.1 Å². The third-order valence-corrected chi connectivity index (χ3v) is 6.33. The summed E-state index contributed by atoms with van der Waals surface area (Å²) >= 11 is 7.23. The van der Waals surface area contributed by atoms with Gasteiger partial charge in [0.05, 0.1) is 22.5 Å². The molecule has 2 aliphatic heterocycles. The minimum absolute atomic E-state index is 0.146. The molecule has 0 spiro atoms. The third kappa shape index (κ3) is 4.14. The van der Waals surface area contributed by atoms with E-state index in [1.54, 1.807) is 35.2 Å². The van der Waals surface area contributed by atoms with E-state index in [1.165, 1.54) is 18.9 Å². The number of allylic oxidation sites excluding steroid dienone is 1. The molecule has 0 saturated carbocycles. The van der Waals surface area contributed by atoms with Crippen molar-refractivity contribution in [2.45, 2.75) is 24.2 Å². The number of rotatable bonds is 3. The number of Topliss-reactive ketones (excluding diaryl/α,β-unsaturated/α-hetero) is 1. The summed E-state index contributed by atoms with van der Waals surface area (Å²) in [5, 5.41) is 0.634. The highest BCUT2D eigenvalue weighted by Gasteiger charge is 2.33. The summed E-state index contributed by atoms with van der Waals surface area (Å²) in [4.78, 5) is 28.5. The highest BCUT2D eigenvalue weighted by Crippen LogP contribution is 2.49. The Bertz CT molecular complexity index is 981. The molecule has 5 nitrogen and oxygen atoms in total. The fourth-order valence-corrected chi connectivity index (χ4v) is 4.67. The zero-order valence-corrected chi connectivity index (χ0v) is 17.5. The van der Waals surface area contributed by atoms with Crippen LogP contribution < -0.4 is 9.47 Å². The second kappa shape index (κ2) is 8.51. The van der Waals surface area contributed by atoms with E-state index >= 15 is 0 Å². The minimum atomic E-state index is -0.375. The van der Waals surface area contributed by atoms with Crippen LogP contribution in [0.5, 0.6) is 11.5 Å². The SMILES string of the molecule is COc1ccc(OC(=O)N2CCCCC2)c2c1C(=O)/C(=C/c1ccc(Cl)cc1)S2. The number of likely N-dealkylation sites (tertiary alicyclic amines) is 1. The van der Waals surface area contributed by atoms with Crippen molar-refractivity contribution in [2.75, 3.05) is 20.2 Å². The first kappa shape index (κ1) is 19.9. The Morgan fingerprint density at radius 1 is 1.07 bits per heavy atom. The molecule has 0 radical (unpaired) electrons. The lowest BCUT2D eigenvalue weighted by atomic mass is 10.1. The number of hydrogen-bond donors (Lipinski definition) is 0. The molecule has 0 aliphatic carbocycles. The summed E-state index contributed by atoms with van der Waals surface area (Å²) < 4.78 is 11.1. The number of piperidine rings is 1. The van der Waals surface area contributed by atoms with Crippen LogP contribution in [0.2, 0.25) is 5.02 Å². The smallest absolute Gasteiger partial charge is 0.415 e. The summed E-state index contributed by atoms with van der Waals surface area (Å²) in [6.07, 6.45) is 4.53. The highest BCUT2D eigenvalue weighted by atomic mass is 35.5. The standard InChI is InChI=1S/C22H20ClNO4S/c1-27-16-9-10-17(28-22(26)24-11-3-2-4-12-24)21-19(16)20(25)18(29-21)13-14-5-7-15(23)8-6-14/h5-10,13H,2-4,11-12H2,1H3/b18-13-. The van der Waals surface area contributed by atoms with Crippen molar-refractivity contribution in [3.05, 3.63) is 57.5 Å². The molecule has 0 aromatic heterocycles. The monoisotopic (exact) mass is 429 g/mol. The van der Waals surface area contributed by atoms with Crippen LogP contribution in [0.15, 0.2) is 46.2 Å². The number of thioether (sulfide) groups is 1. The molecule has 2 aromatic carbocycles. The fraction of sp³-hybridized carbons (Fsp3) is 0.273. The van der Waals surface area contributed by atoms with Gasteiger partial charge in [0.25, 0.3) is 0 Å². The van der Waals surface area contributed by atoms with Crippen LogP contribution in [0.3, 0.4) is 0 Å². The molecule has 150 valence electrons. The Kier molecular flexibility index (Phi) is 5.83. The number of hydrogen-bond acceptors (Lipinski definition) is 5. The van der Waals surface area contributed by atoms with Gasteiger partial charge in [0, 0.05) is 18.1 Å². The Hall–Kier alpha value is -2.44. The molecule has 7 heteroatoms. The average Bonchev–Trinajstić information content (AvgIpc) is 3.07. The second-order valence-corrected chi connectivity index (χ2v) is 8.37. The van der Waals surface area contributed by atoms with Crippen molar-refractivity contribution in [3.8, 4) is 11.5 Å². The van der Waals surface area contributed by atoms with E-state index in [-0.39, 0.29) is 11.9 Å². The number of carbonyl (C=O) groups excluding carboxylic acids is 2. The predicted molar refractivity (Wildman–Crippen MR) is 114 cm³/mol. The Morgan fingerprint density at radius 3 is 2.45 bits per heavy atom. The van der Waals surface area contributed by atoms with Crippen molar-refractivity contribution >= 4 is 41.3 Å². The molecular formula is C22H20ClNO4S. The molecule has 2 aliphatic rings. The molecule has 1 fully saturated rings. The molecule has 0 unspecified atom stereocenters. The number of fused-ring (bicyclic) bond motifs is 1. The maximum Gasteiger partial charge on any atom is 0.415 e. The van der Waals surface area contributed by atoms with Crippen molar-refractivity contribution < 1.29 is 19.1 Å². The van der Waals surface area contributed by atoms with E-state index in [2.05, 4.69) is 0 Å². The molecule has 0 N–H and O–H groups in total. The molecule has 1 saturated heterocycles. The van der Waals surface area contributed by atoms with Crippen LogP contribution in [0.4, 0.5) is 4.79 Å². The Balaban J connectivity index is 1.64. The lowest BCUT2D eigenvalue weighted by Crippen LogP contribution is -2.37. The van der Waals surface area contributed by atoms with E-state index < -0.39 is 0 Å². The summed E-state index contributed by atoms with van der Waals surface area (Å²) in [5.41, 5.74) is 1.30. The van der Waals surface area contributed by atoms with Gasteiger partial charge in [0.2, 0.25) is 5.78 Å². The normalized spacial score (nSPS) is 17.4. The molecular weight excluding hydrogens is 410 g/mol. The third-order valence-electron chi connectivity index (χ3n) is 4.95. The summed E-state index contributed by atoms with van der Waals surface area (Å²) in [7, 11) is 1.52. The molecule has 4 rings (SSSR count). The highest BCUT2D eigenvalue weighted by molar-refractivity contribution is 8.05. The zero-order valence-electron chi connectivity index (χ0n) is 15.9. The van der Waals surface area contributed by atoms with Gasteiger partial charge in [-0.25, -0.2) is 4.79 Å². The largest absolute Gasteiger partial charge is 0.496 e. The van der Waals surface area contributed by atoms with Crippen LogP contribution in [-0.2, 0) is 0 Å². The van der Waals surface area contributed by atoms with Crippen molar-refractivity contribution in [3.63, 3.8) is 0 Å². The lowest BCUT2D eigenvalue weighted by molar-refractivity contribution is 0.103. The first-order valence-electron chi connectivity index (χ1n) is 9.44. The lowest BCUT2D eigenvalue weighted by Gasteiger charge is -2.26. The van der Waals surface area contributed by atoms with Crippen LogP contribution in [-0.4, -0.2) is 37.0 Å². The number of amides is 1. The number of carbonyl (C=O) groups is 2. The van der Waals surface area contributed by atoms with E-state index in [9.17, 15) is 9.59 Å². The van der Waals surface area contributed by atoms with Gasteiger partial charge in [-0.2, -0.15) is 0 Å². The quantitative estimate of drug-likeness (QED) is 0.589. The fourth-order valence-electron chi connectivity index (χ4n) is 3.43. The molecule has 2 aromatic rings. The van der Waals surface area contributed by atoms with Crippen LogP contribution in [0.25, 0.3) is 6.08 Å². The van der Waals surface area contributed by atoms with Gasteiger partial charge >= 0.3 is 6.09 Å². The van der Waals surface area contributed by atoms with Gasteiger partial charge in [-0.15, -0.1) is 0 Å². The van der Waals surface area contributed by atoms with Gasteiger partial charge in [0.15, 0.2) is 0 Å². The minimum Gasteiger partial charge on any atom is -0.496 e. The summed E-state index contributed by atoms with van der Waals surface area (Å²) in [6.45, 7) is 1.40. The number of ketones is 1. The predicted octanol–water partition coefficient (Wildman–Crippen LogP) is 5.66. The van der Waals surface area contributed by atoms with Crippen LogP contribution >= 0.6 is 23.4 Å². The van der Waals surface area contributed by atoms with Gasteiger partial charge in [-0.05, 0) is 55.2 Å². The van der Waals surface area contributed by atoms with Gasteiger partial charge in [0.1, 0.15) is 11.5 Å².